The largest absolute Gasteiger partial charge is 0.305 e. The molecule has 2 rings (SSSR count). The van der Waals surface area contributed by atoms with E-state index in [2.05, 4.69) is 28.0 Å². The molecule has 17 heavy (non-hydrogen) atoms. The average molecular weight is 250 g/mol. The average Bonchev–Trinajstić information content (AvgIpc) is 2.73. The summed E-state index contributed by atoms with van der Waals surface area (Å²) in [7, 11) is 0. The first kappa shape index (κ1) is 12.2. The number of nitrogens with one attached hydrogen (secondary N) is 1. The Kier molecular flexibility index (Phi) is 3.86. The van der Waals surface area contributed by atoms with Gasteiger partial charge in [0, 0.05) is 12.6 Å². The lowest BCUT2D eigenvalue weighted by atomic mass is 10.2. The van der Waals surface area contributed by atoms with Crippen molar-refractivity contribution in [2.45, 2.75) is 26.4 Å². The summed E-state index contributed by atoms with van der Waals surface area (Å²) in [5.74, 6) is -0.297. The third kappa shape index (κ3) is 3.11. The van der Waals surface area contributed by atoms with E-state index in [-0.39, 0.29) is 11.9 Å². The van der Waals surface area contributed by atoms with E-state index in [4.69, 9.17) is 0 Å². The molecule has 0 spiro atoms. The molecule has 4 heteroatoms. The molecule has 2 aromatic rings. The summed E-state index contributed by atoms with van der Waals surface area (Å²) in [6.45, 7) is 4.95. The van der Waals surface area contributed by atoms with Crippen LogP contribution in [0, 0.1) is 12.7 Å². The lowest BCUT2D eigenvalue weighted by Crippen LogP contribution is -2.19. The first-order valence-corrected chi connectivity index (χ1v) is 6.47. The summed E-state index contributed by atoms with van der Waals surface area (Å²) in [5, 5.41) is 7.67. The minimum Gasteiger partial charge on any atom is -0.305 e. The van der Waals surface area contributed by atoms with Gasteiger partial charge in [-0.3, -0.25) is 4.98 Å². The van der Waals surface area contributed by atoms with E-state index in [1.165, 1.54) is 23.4 Å². The second-order valence-corrected chi connectivity index (χ2v) is 4.83. The quantitative estimate of drug-likeness (QED) is 0.899. The minimum absolute atomic E-state index is 0.120. The van der Waals surface area contributed by atoms with Crippen LogP contribution < -0.4 is 5.32 Å². The van der Waals surface area contributed by atoms with Gasteiger partial charge in [0.1, 0.15) is 5.82 Å². The predicted octanol–water partition coefficient (Wildman–Crippen LogP) is 3.44. The Balaban J connectivity index is 1.95. The molecule has 0 saturated heterocycles. The van der Waals surface area contributed by atoms with Crippen LogP contribution in [0.5, 0.6) is 0 Å². The molecule has 2 nitrogen and oxygen atoms in total. The molecule has 2 heterocycles. The van der Waals surface area contributed by atoms with E-state index in [1.807, 2.05) is 6.92 Å². The Labute approximate surface area is 105 Å². The van der Waals surface area contributed by atoms with Gasteiger partial charge < -0.3 is 5.32 Å². The van der Waals surface area contributed by atoms with Gasteiger partial charge >= 0.3 is 0 Å². The maximum absolute atomic E-state index is 12.7. The van der Waals surface area contributed by atoms with Gasteiger partial charge in [0.25, 0.3) is 0 Å². The molecule has 0 saturated carbocycles. The molecule has 0 aliphatic rings. The number of hydrogen-bond donors (Lipinski definition) is 1. The van der Waals surface area contributed by atoms with Gasteiger partial charge in [0.15, 0.2) is 0 Å². The van der Waals surface area contributed by atoms with E-state index >= 15 is 0 Å². The molecule has 0 amide bonds. The maximum Gasteiger partial charge on any atom is 0.141 e. The monoisotopic (exact) mass is 250 g/mol. The van der Waals surface area contributed by atoms with Gasteiger partial charge in [-0.1, -0.05) is 0 Å². The number of pyridine rings is 1. The molecule has 90 valence electrons. The molecular formula is C13H15FN2S. The van der Waals surface area contributed by atoms with Crippen molar-refractivity contribution in [3.05, 3.63) is 51.7 Å². The lowest BCUT2D eigenvalue weighted by molar-refractivity contribution is 0.554. The zero-order valence-corrected chi connectivity index (χ0v) is 10.7. The molecule has 0 radical (unpaired) electrons. The van der Waals surface area contributed by atoms with Crippen LogP contribution in [0.1, 0.15) is 29.8 Å². The summed E-state index contributed by atoms with van der Waals surface area (Å²) in [6.07, 6.45) is 1.25. The highest BCUT2D eigenvalue weighted by Crippen LogP contribution is 2.15. The highest BCUT2D eigenvalue weighted by Gasteiger charge is 2.07. The molecule has 0 bridgehead atoms. The van der Waals surface area contributed by atoms with Crippen molar-refractivity contribution in [1.29, 1.82) is 0 Å². The van der Waals surface area contributed by atoms with Gasteiger partial charge in [-0.25, -0.2) is 4.39 Å². The van der Waals surface area contributed by atoms with Crippen LogP contribution >= 0.6 is 11.3 Å². The number of hydrogen-bond acceptors (Lipinski definition) is 3. The van der Waals surface area contributed by atoms with Crippen molar-refractivity contribution in [3.63, 3.8) is 0 Å². The highest BCUT2D eigenvalue weighted by atomic mass is 32.1. The number of aryl methyl sites for hydroxylation is 1. The van der Waals surface area contributed by atoms with Crippen LogP contribution in [-0.4, -0.2) is 4.98 Å². The van der Waals surface area contributed by atoms with Gasteiger partial charge in [-0.2, -0.15) is 11.3 Å². The van der Waals surface area contributed by atoms with Gasteiger partial charge in [0.05, 0.1) is 11.9 Å². The van der Waals surface area contributed by atoms with Crippen molar-refractivity contribution in [1.82, 2.24) is 10.3 Å². The topological polar surface area (TPSA) is 24.9 Å². The predicted molar refractivity (Wildman–Crippen MR) is 68.5 cm³/mol. The molecule has 2 aromatic heterocycles. The molecule has 0 aliphatic heterocycles. The smallest absolute Gasteiger partial charge is 0.141 e. The highest BCUT2D eigenvalue weighted by molar-refractivity contribution is 7.08. The Morgan fingerprint density at radius 3 is 2.82 bits per heavy atom. The van der Waals surface area contributed by atoms with E-state index < -0.39 is 0 Å². The normalized spacial score (nSPS) is 12.6. The maximum atomic E-state index is 12.7. The fourth-order valence-corrected chi connectivity index (χ4v) is 2.44. The van der Waals surface area contributed by atoms with Crippen LogP contribution in [-0.2, 0) is 6.54 Å². The Hall–Kier alpha value is -1.26. The summed E-state index contributed by atoms with van der Waals surface area (Å²) in [5.41, 5.74) is 3.48. The zero-order chi connectivity index (χ0) is 12.3. The number of nitrogens with zero attached hydrogens (tertiary/aromatic N) is 1. The zero-order valence-electron chi connectivity index (χ0n) is 9.90. The molecule has 0 aliphatic carbocycles. The Morgan fingerprint density at radius 1 is 1.41 bits per heavy atom. The van der Waals surface area contributed by atoms with Crippen LogP contribution in [0.25, 0.3) is 0 Å². The summed E-state index contributed by atoms with van der Waals surface area (Å²) >= 11 is 1.71. The van der Waals surface area contributed by atoms with Gasteiger partial charge in [-0.05, 0) is 47.9 Å². The first-order valence-electron chi connectivity index (χ1n) is 5.53. The van der Waals surface area contributed by atoms with Crippen LogP contribution in [0.3, 0.4) is 0 Å². The van der Waals surface area contributed by atoms with Crippen molar-refractivity contribution < 1.29 is 4.39 Å². The molecule has 1 N–H and O–H groups in total. The molecule has 1 atom stereocenters. The third-order valence-electron chi connectivity index (χ3n) is 2.75. The van der Waals surface area contributed by atoms with Crippen LogP contribution in [0.2, 0.25) is 0 Å². The second-order valence-electron chi connectivity index (χ2n) is 4.08. The Morgan fingerprint density at radius 2 is 2.24 bits per heavy atom. The molecule has 0 fully saturated rings. The third-order valence-corrected chi connectivity index (χ3v) is 3.66. The molecule has 0 aromatic carbocycles. The SMILES string of the molecule is Cc1cscc1CNC(C)c1ccc(F)cn1. The number of halogens is 1. The van der Waals surface area contributed by atoms with E-state index in [0.29, 0.717) is 0 Å². The van der Waals surface area contributed by atoms with Gasteiger partial charge in [0.2, 0.25) is 0 Å². The summed E-state index contributed by atoms with van der Waals surface area (Å²) < 4.78 is 12.7. The molecule has 1 unspecified atom stereocenters. The van der Waals surface area contributed by atoms with E-state index in [9.17, 15) is 4.39 Å². The Bertz CT molecular complexity index is 478. The summed E-state index contributed by atoms with van der Waals surface area (Å²) in [6, 6.07) is 3.28. The molecular weight excluding hydrogens is 235 g/mol. The number of thiophene rings is 1. The fraction of sp³-hybridized carbons (Fsp3) is 0.308. The van der Waals surface area contributed by atoms with Gasteiger partial charge in [-0.15, -0.1) is 0 Å². The van der Waals surface area contributed by atoms with Crippen LogP contribution in [0.4, 0.5) is 4.39 Å². The van der Waals surface area contributed by atoms with Crippen molar-refractivity contribution in [2.24, 2.45) is 0 Å². The number of rotatable bonds is 4. The minimum atomic E-state index is -0.297. The fourth-order valence-electron chi connectivity index (χ4n) is 1.58. The summed E-state index contributed by atoms with van der Waals surface area (Å²) in [4.78, 5) is 4.07. The first-order chi connectivity index (χ1) is 8.16. The van der Waals surface area contributed by atoms with Crippen LogP contribution in [0.15, 0.2) is 29.1 Å². The lowest BCUT2D eigenvalue weighted by Gasteiger charge is -2.13. The van der Waals surface area contributed by atoms with E-state index in [0.717, 1.165) is 12.2 Å². The van der Waals surface area contributed by atoms with Crippen molar-refractivity contribution in [3.8, 4) is 0 Å². The number of aromatic nitrogens is 1. The standard InChI is InChI=1S/C13H15FN2S/c1-9-7-17-8-11(9)5-15-10(2)13-4-3-12(14)6-16-13/h3-4,6-8,10,15H,5H2,1-2H3. The van der Waals surface area contributed by atoms with Crippen molar-refractivity contribution in [2.75, 3.05) is 0 Å². The second kappa shape index (κ2) is 5.38. The van der Waals surface area contributed by atoms with E-state index in [1.54, 1.807) is 17.4 Å². The van der Waals surface area contributed by atoms with Crippen molar-refractivity contribution >= 4 is 11.3 Å².